The highest BCUT2D eigenvalue weighted by Crippen LogP contribution is 2.49. The van der Waals surface area contributed by atoms with Crippen LogP contribution in [-0.4, -0.2) is 31.8 Å². The van der Waals surface area contributed by atoms with Crippen LogP contribution in [0.2, 0.25) is 5.02 Å². The van der Waals surface area contributed by atoms with E-state index in [0.717, 1.165) is 18.3 Å². The third-order valence-electron chi connectivity index (χ3n) is 4.51. The quantitative estimate of drug-likeness (QED) is 0.537. The Kier molecular flexibility index (Phi) is 4.52. The average molecular weight is 396 g/mol. The number of benzene rings is 1. The zero-order chi connectivity index (χ0) is 20.0. The summed E-state index contributed by atoms with van der Waals surface area (Å²) >= 11 is 6.02. The molecule has 27 heavy (non-hydrogen) atoms. The van der Waals surface area contributed by atoms with Gasteiger partial charge in [-0.15, -0.1) is 0 Å². The molecule has 1 saturated carbocycles. The highest BCUT2D eigenvalue weighted by Gasteiger charge is 2.54. The van der Waals surface area contributed by atoms with Crippen molar-refractivity contribution < 1.29 is 24.3 Å². The van der Waals surface area contributed by atoms with E-state index in [2.05, 4.69) is 10.3 Å². The molecule has 0 spiro atoms. The number of nitrogens with one attached hydrogen (secondary N) is 1. The van der Waals surface area contributed by atoms with Crippen LogP contribution in [0, 0.1) is 15.9 Å². The normalized spacial score (nSPS) is 24.1. The number of hydrogen-bond acceptors (Lipinski definition) is 5. The number of nitrogens with zero attached hydrogens (tertiary/aromatic N) is 2. The zero-order valence-electron chi connectivity index (χ0n) is 14.1. The monoisotopic (exact) mass is 395 g/mol. The van der Waals surface area contributed by atoms with Crippen molar-refractivity contribution in [2.24, 2.45) is 0 Å². The molecule has 0 bridgehead atoms. The van der Waals surface area contributed by atoms with E-state index in [0.29, 0.717) is 0 Å². The molecule has 0 aliphatic heterocycles. The standard InChI is InChI=1S/C17H15ClFN3O5/c1-16(25)7-17(8-16,21-15(23)24)11-3-2-9(4-13(11)19)14-12(18)5-10(6-20-14)22(26)27/h2-6,21,25H,7-8H2,1H3,(H,23,24)/t16-,17-. The van der Waals surface area contributed by atoms with Crippen LogP contribution in [0.1, 0.15) is 25.3 Å². The Bertz CT molecular complexity index is 942. The van der Waals surface area contributed by atoms with Gasteiger partial charge in [0.2, 0.25) is 0 Å². The van der Waals surface area contributed by atoms with Gasteiger partial charge < -0.3 is 15.5 Å². The maximum Gasteiger partial charge on any atom is 0.405 e. The van der Waals surface area contributed by atoms with Crippen molar-refractivity contribution >= 4 is 23.4 Å². The second kappa shape index (κ2) is 6.43. The van der Waals surface area contributed by atoms with Crippen molar-refractivity contribution in [2.45, 2.75) is 30.9 Å². The Balaban J connectivity index is 1.99. The number of amides is 1. The van der Waals surface area contributed by atoms with E-state index in [9.17, 15) is 24.4 Å². The van der Waals surface area contributed by atoms with Gasteiger partial charge in [0, 0.05) is 30.0 Å². The van der Waals surface area contributed by atoms with Gasteiger partial charge in [-0.25, -0.2) is 14.2 Å². The number of aromatic nitrogens is 1. The molecule has 0 saturated heterocycles. The lowest BCUT2D eigenvalue weighted by atomic mass is 9.62. The van der Waals surface area contributed by atoms with E-state index in [4.69, 9.17) is 16.7 Å². The minimum atomic E-state index is -1.32. The first-order valence-corrected chi connectivity index (χ1v) is 8.25. The number of carbonyl (C=O) groups is 1. The second-order valence-electron chi connectivity index (χ2n) is 6.84. The molecule has 1 aromatic carbocycles. The van der Waals surface area contributed by atoms with Gasteiger partial charge in [0.05, 0.1) is 26.8 Å². The SMILES string of the molecule is C[C@]1(O)C[C@@](NC(=O)O)(c2ccc(-c3ncc([N+](=O)[O-])cc3Cl)cc2F)C1. The summed E-state index contributed by atoms with van der Waals surface area (Å²) < 4.78 is 14.8. The predicted molar refractivity (Wildman–Crippen MR) is 94.0 cm³/mol. The Hall–Kier alpha value is -2.78. The molecule has 0 unspecified atom stereocenters. The van der Waals surface area contributed by atoms with E-state index in [-0.39, 0.29) is 40.4 Å². The number of carboxylic acid groups (broad SMARTS) is 1. The minimum Gasteiger partial charge on any atom is -0.465 e. The Morgan fingerprint density at radius 1 is 1.41 bits per heavy atom. The Morgan fingerprint density at radius 2 is 2.07 bits per heavy atom. The number of nitro groups is 1. The molecule has 8 nitrogen and oxygen atoms in total. The Labute approximate surface area is 157 Å². The Morgan fingerprint density at radius 3 is 2.56 bits per heavy atom. The summed E-state index contributed by atoms with van der Waals surface area (Å²) in [6, 6.07) is 5.14. The van der Waals surface area contributed by atoms with Crippen molar-refractivity contribution in [1.82, 2.24) is 10.3 Å². The first-order valence-electron chi connectivity index (χ1n) is 7.87. The second-order valence-corrected chi connectivity index (χ2v) is 7.25. The van der Waals surface area contributed by atoms with E-state index in [1.807, 2.05) is 0 Å². The molecule has 2 aromatic rings. The molecule has 1 fully saturated rings. The summed E-state index contributed by atoms with van der Waals surface area (Å²) in [4.78, 5) is 25.2. The molecule has 1 aliphatic rings. The first kappa shape index (κ1) is 19.0. The number of hydrogen-bond donors (Lipinski definition) is 3. The fourth-order valence-electron chi connectivity index (χ4n) is 3.59. The van der Waals surface area contributed by atoms with Gasteiger partial charge in [0.1, 0.15) is 12.0 Å². The molecule has 1 heterocycles. The highest BCUT2D eigenvalue weighted by atomic mass is 35.5. The molecule has 1 aromatic heterocycles. The smallest absolute Gasteiger partial charge is 0.405 e. The van der Waals surface area contributed by atoms with Gasteiger partial charge in [-0.2, -0.15) is 0 Å². The molecule has 3 rings (SSSR count). The maximum atomic E-state index is 14.8. The largest absolute Gasteiger partial charge is 0.465 e. The summed E-state index contributed by atoms with van der Waals surface area (Å²) in [6.07, 6.45) is -0.254. The fraction of sp³-hybridized carbons (Fsp3) is 0.294. The van der Waals surface area contributed by atoms with Crippen molar-refractivity contribution in [3.8, 4) is 11.3 Å². The molecular weight excluding hydrogens is 381 g/mol. The first-order chi connectivity index (χ1) is 12.5. The fourth-order valence-corrected chi connectivity index (χ4v) is 3.86. The van der Waals surface area contributed by atoms with Crippen LogP contribution in [-0.2, 0) is 5.54 Å². The molecule has 142 valence electrons. The maximum absolute atomic E-state index is 14.8. The van der Waals surface area contributed by atoms with Gasteiger partial charge in [-0.1, -0.05) is 23.7 Å². The van der Waals surface area contributed by atoms with Crippen LogP contribution >= 0.6 is 11.6 Å². The summed E-state index contributed by atoms with van der Waals surface area (Å²) in [5, 5.41) is 32.1. The molecular formula is C17H15ClFN3O5. The minimum absolute atomic E-state index is 0.0127. The topological polar surface area (TPSA) is 126 Å². The summed E-state index contributed by atoms with van der Waals surface area (Å²) in [6.45, 7) is 1.54. The number of aliphatic hydroxyl groups is 1. The lowest BCUT2D eigenvalue weighted by Gasteiger charge is -2.51. The third-order valence-corrected chi connectivity index (χ3v) is 4.80. The summed E-state index contributed by atoms with van der Waals surface area (Å²) in [7, 11) is 0. The number of rotatable bonds is 4. The van der Waals surface area contributed by atoms with Crippen molar-refractivity contribution in [2.75, 3.05) is 0 Å². The molecule has 10 heteroatoms. The van der Waals surface area contributed by atoms with Gasteiger partial charge in [0.25, 0.3) is 5.69 Å². The van der Waals surface area contributed by atoms with Crippen molar-refractivity contribution in [3.05, 3.63) is 57.0 Å². The van der Waals surface area contributed by atoms with Crippen LogP contribution in [0.5, 0.6) is 0 Å². The van der Waals surface area contributed by atoms with Gasteiger partial charge in [-0.3, -0.25) is 10.1 Å². The van der Waals surface area contributed by atoms with Crippen LogP contribution in [0.25, 0.3) is 11.3 Å². The lowest BCUT2D eigenvalue weighted by Crippen LogP contribution is -2.62. The van der Waals surface area contributed by atoms with E-state index in [1.165, 1.54) is 12.1 Å². The lowest BCUT2D eigenvalue weighted by molar-refractivity contribution is -0.385. The molecule has 1 aliphatic carbocycles. The van der Waals surface area contributed by atoms with Crippen LogP contribution in [0.3, 0.4) is 0 Å². The van der Waals surface area contributed by atoms with Gasteiger partial charge in [0.15, 0.2) is 0 Å². The van der Waals surface area contributed by atoms with Crippen LogP contribution < -0.4 is 5.32 Å². The zero-order valence-corrected chi connectivity index (χ0v) is 14.8. The van der Waals surface area contributed by atoms with E-state index >= 15 is 0 Å². The van der Waals surface area contributed by atoms with Crippen LogP contribution in [0.4, 0.5) is 14.9 Å². The summed E-state index contributed by atoms with van der Waals surface area (Å²) in [5.41, 5.74) is -2.08. The third kappa shape index (κ3) is 3.56. The van der Waals surface area contributed by atoms with Gasteiger partial charge in [-0.05, 0) is 13.0 Å². The molecule has 1 amide bonds. The van der Waals surface area contributed by atoms with Crippen molar-refractivity contribution in [1.29, 1.82) is 0 Å². The number of pyridine rings is 1. The predicted octanol–water partition coefficient (Wildman–Crippen LogP) is 3.46. The van der Waals surface area contributed by atoms with E-state index in [1.54, 1.807) is 6.92 Å². The molecule has 0 radical (unpaired) electrons. The van der Waals surface area contributed by atoms with Gasteiger partial charge >= 0.3 is 6.09 Å². The van der Waals surface area contributed by atoms with Crippen molar-refractivity contribution in [3.63, 3.8) is 0 Å². The average Bonchev–Trinajstić information content (AvgIpc) is 2.51. The highest BCUT2D eigenvalue weighted by molar-refractivity contribution is 6.33. The molecule has 3 N–H and O–H groups in total. The summed E-state index contributed by atoms with van der Waals surface area (Å²) in [5.74, 6) is -0.701. The molecule has 0 atom stereocenters. The van der Waals surface area contributed by atoms with E-state index < -0.39 is 28.0 Å². The van der Waals surface area contributed by atoms with Crippen LogP contribution in [0.15, 0.2) is 30.5 Å². The number of halogens is 2.